The van der Waals surface area contributed by atoms with Crippen molar-refractivity contribution < 1.29 is 9.59 Å². The smallest absolute Gasteiger partial charge is 0.245 e. The van der Waals surface area contributed by atoms with E-state index < -0.39 is 11.4 Å². The number of Topliss-reactive ketones (excluding diaryl/α,β-unsaturated/α-hetero) is 1. The quantitative estimate of drug-likeness (QED) is 0.189. The van der Waals surface area contributed by atoms with Gasteiger partial charge in [-0.1, -0.05) is 36.8 Å². The molecule has 0 aromatic heterocycles. The molecule has 0 saturated carbocycles. The standard InChI is InChI=1S/C18H29N5O2/c19-16(25)18(22,12-7-13-23-17(20)21)15(24)11-6-2-5-10-14-8-3-1-4-9-14/h1,3-4,8-9H,2,5-7,10-13,22H2,(H2,19,25)(H4,20,21,23)/t18-/m1/s1. The Labute approximate surface area is 148 Å². The number of primary amides is 1. The number of hydrogen-bond acceptors (Lipinski definition) is 4. The minimum absolute atomic E-state index is 0.0357. The molecule has 7 nitrogen and oxygen atoms in total. The Balaban J connectivity index is 2.37. The van der Waals surface area contributed by atoms with Gasteiger partial charge in [0.25, 0.3) is 0 Å². The second-order valence-corrected chi connectivity index (χ2v) is 6.22. The third-order valence-electron chi connectivity index (χ3n) is 4.17. The number of hydrogen-bond donors (Lipinski definition) is 4. The Kier molecular flexibility index (Phi) is 8.63. The maximum absolute atomic E-state index is 12.4. The van der Waals surface area contributed by atoms with Crippen molar-refractivity contribution in [2.75, 3.05) is 6.54 Å². The van der Waals surface area contributed by atoms with Gasteiger partial charge in [0.2, 0.25) is 5.91 Å². The highest BCUT2D eigenvalue weighted by Gasteiger charge is 2.38. The number of carbonyl (C=O) groups excluding carboxylic acids is 2. The van der Waals surface area contributed by atoms with Gasteiger partial charge in [-0.15, -0.1) is 0 Å². The molecule has 0 bridgehead atoms. The molecule has 7 heteroatoms. The third kappa shape index (κ3) is 7.34. The SMILES string of the molecule is NC(=O)[C@@](N)(CCCN=C(N)N)C(=O)CCCCCc1ccccc1. The van der Waals surface area contributed by atoms with Crippen LogP contribution >= 0.6 is 0 Å². The Morgan fingerprint density at radius 3 is 2.24 bits per heavy atom. The number of nitrogens with zero attached hydrogens (tertiary/aromatic N) is 1. The van der Waals surface area contributed by atoms with Crippen molar-refractivity contribution >= 4 is 17.6 Å². The minimum atomic E-state index is -1.64. The van der Waals surface area contributed by atoms with Crippen LogP contribution in [0.25, 0.3) is 0 Å². The van der Waals surface area contributed by atoms with E-state index in [0.29, 0.717) is 19.4 Å². The maximum atomic E-state index is 12.4. The van der Waals surface area contributed by atoms with Crippen LogP contribution in [0.5, 0.6) is 0 Å². The van der Waals surface area contributed by atoms with E-state index in [1.807, 2.05) is 18.2 Å². The number of ketones is 1. The fourth-order valence-electron chi connectivity index (χ4n) is 2.63. The molecule has 1 aromatic carbocycles. The summed E-state index contributed by atoms with van der Waals surface area (Å²) in [6, 6.07) is 10.2. The predicted octanol–water partition coefficient (Wildman–Crippen LogP) is 0.595. The molecule has 0 aliphatic rings. The number of unbranched alkanes of at least 4 members (excludes halogenated alkanes) is 2. The number of amides is 1. The summed E-state index contributed by atoms with van der Waals surface area (Å²) >= 11 is 0. The molecular weight excluding hydrogens is 318 g/mol. The van der Waals surface area contributed by atoms with Crippen LogP contribution in [0.3, 0.4) is 0 Å². The molecule has 0 aliphatic carbocycles. The van der Waals surface area contributed by atoms with E-state index in [-0.39, 0.29) is 24.6 Å². The summed E-state index contributed by atoms with van der Waals surface area (Å²) in [7, 11) is 0. The van der Waals surface area contributed by atoms with Gasteiger partial charge in [-0.25, -0.2) is 0 Å². The van der Waals surface area contributed by atoms with Crippen molar-refractivity contribution in [3.8, 4) is 0 Å². The van der Waals surface area contributed by atoms with Crippen LogP contribution in [0, 0.1) is 0 Å². The van der Waals surface area contributed by atoms with Crippen molar-refractivity contribution in [1.29, 1.82) is 0 Å². The lowest BCUT2D eigenvalue weighted by molar-refractivity contribution is -0.134. The molecule has 0 radical (unpaired) electrons. The minimum Gasteiger partial charge on any atom is -0.370 e. The molecule has 1 amide bonds. The third-order valence-corrected chi connectivity index (χ3v) is 4.17. The van der Waals surface area contributed by atoms with Crippen LogP contribution in [0.15, 0.2) is 35.3 Å². The first-order valence-corrected chi connectivity index (χ1v) is 8.57. The Morgan fingerprint density at radius 2 is 1.64 bits per heavy atom. The van der Waals surface area contributed by atoms with E-state index in [0.717, 1.165) is 19.3 Å². The number of guanidine groups is 1. The zero-order valence-corrected chi connectivity index (χ0v) is 14.6. The van der Waals surface area contributed by atoms with E-state index in [4.69, 9.17) is 22.9 Å². The lowest BCUT2D eigenvalue weighted by Gasteiger charge is -2.24. The van der Waals surface area contributed by atoms with E-state index in [2.05, 4.69) is 17.1 Å². The summed E-state index contributed by atoms with van der Waals surface area (Å²) in [6.07, 6.45) is 4.33. The highest BCUT2D eigenvalue weighted by atomic mass is 16.2. The summed E-state index contributed by atoms with van der Waals surface area (Å²) in [5, 5.41) is 0. The maximum Gasteiger partial charge on any atom is 0.245 e. The van der Waals surface area contributed by atoms with Gasteiger partial charge in [0.15, 0.2) is 17.3 Å². The van der Waals surface area contributed by atoms with Gasteiger partial charge in [0.05, 0.1) is 0 Å². The predicted molar refractivity (Wildman–Crippen MR) is 99.6 cm³/mol. The van der Waals surface area contributed by atoms with Gasteiger partial charge in [0, 0.05) is 13.0 Å². The summed E-state index contributed by atoms with van der Waals surface area (Å²) in [6.45, 7) is 0.304. The first kappa shape index (κ1) is 20.6. The van der Waals surface area contributed by atoms with Crippen molar-refractivity contribution in [3.63, 3.8) is 0 Å². The molecule has 25 heavy (non-hydrogen) atoms. The first-order valence-electron chi connectivity index (χ1n) is 8.57. The van der Waals surface area contributed by atoms with Gasteiger partial charge < -0.3 is 22.9 Å². The summed E-state index contributed by atoms with van der Waals surface area (Å²) in [5.41, 5.74) is 21.4. The van der Waals surface area contributed by atoms with Crippen LogP contribution in [0.4, 0.5) is 0 Å². The largest absolute Gasteiger partial charge is 0.370 e. The van der Waals surface area contributed by atoms with Crippen LogP contribution < -0.4 is 22.9 Å². The lowest BCUT2D eigenvalue weighted by atomic mass is 9.86. The number of aryl methyl sites for hydroxylation is 1. The number of carbonyl (C=O) groups is 2. The summed E-state index contributed by atoms with van der Waals surface area (Å²) in [5.74, 6) is -1.15. The van der Waals surface area contributed by atoms with E-state index in [1.54, 1.807) is 0 Å². The van der Waals surface area contributed by atoms with Gasteiger partial charge in [0.1, 0.15) is 0 Å². The van der Waals surface area contributed by atoms with Crippen LogP contribution in [-0.2, 0) is 16.0 Å². The van der Waals surface area contributed by atoms with Crippen molar-refractivity contribution in [1.82, 2.24) is 0 Å². The molecule has 0 aliphatic heterocycles. The Bertz CT molecular complexity index is 584. The zero-order chi connectivity index (χ0) is 18.7. The van der Waals surface area contributed by atoms with Crippen molar-refractivity contribution in [3.05, 3.63) is 35.9 Å². The van der Waals surface area contributed by atoms with Gasteiger partial charge >= 0.3 is 0 Å². The molecular formula is C18H29N5O2. The second-order valence-electron chi connectivity index (χ2n) is 6.22. The Morgan fingerprint density at radius 1 is 0.960 bits per heavy atom. The second kappa shape index (κ2) is 10.5. The topological polar surface area (TPSA) is 151 Å². The van der Waals surface area contributed by atoms with Gasteiger partial charge in [-0.3, -0.25) is 14.6 Å². The van der Waals surface area contributed by atoms with Crippen molar-refractivity contribution in [2.45, 2.75) is 50.5 Å². The molecule has 8 N–H and O–H groups in total. The molecule has 0 unspecified atom stereocenters. The van der Waals surface area contributed by atoms with Crippen LogP contribution in [-0.4, -0.2) is 29.7 Å². The molecule has 0 spiro atoms. The van der Waals surface area contributed by atoms with E-state index in [1.165, 1.54) is 5.56 Å². The van der Waals surface area contributed by atoms with Crippen LogP contribution in [0.2, 0.25) is 0 Å². The first-order chi connectivity index (χ1) is 11.9. The molecule has 0 fully saturated rings. The normalized spacial score (nSPS) is 13.0. The molecule has 0 heterocycles. The molecule has 1 rings (SSSR count). The highest BCUT2D eigenvalue weighted by Crippen LogP contribution is 2.16. The van der Waals surface area contributed by atoms with E-state index in [9.17, 15) is 9.59 Å². The molecule has 0 saturated heterocycles. The number of nitrogens with two attached hydrogens (primary N) is 4. The number of rotatable bonds is 12. The number of aliphatic imine (C=N–C) groups is 1. The van der Waals surface area contributed by atoms with Gasteiger partial charge in [-0.05, 0) is 37.7 Å². The molecule has 1 aromatic rings. The lowest BCUT2D eigenvalue weighted by Crippen LogP contribution is -2.58. The molecule has 138 valence electrons. The zero-order valence-electron chi connectivity index (χ0n) is 14.6. The number of benzene rings is 1. The summed E-state index contributed by atoms with van der Waals surface area (Å²) in [4.78, 5) is 27.8. The Hall–Kier alpha value is -2.41. The average Bonchev–Trinajstić information content (AvgIpc) is 2.58. The highest BCUT2D eigenvalue weighted by molar-refractivity contribution is 6.09. The fraction of sp³-hybridized carbons (Fsp3) is 0.500. The van der Waals surface area contributed by atoms with Gasteiger partial charge in [-0.2, -0.15) is 0 Å². The van der Waals surface area contributed by atoms with Crippen LogP contribution in [0.1, 0.15) is 44.1 Å². The summed E-state index contributed by atoms with van der Waals surface area (Å²) < 4.78 is 0. The average molecular weight is 347 g/mol. The van der Waals surface area contributed by atoms with E-state index >= 15 is 0 Å². The fourth-order valence-corrected chi connectivity index (χ4v) is 2.63. The van der Waals surface area contributed by atoms with Crippen molar-refractivity contribution in [2.24, 2.45) is 27.9 Å². The monoisotopic (exact) mass is 347 g/mol. The molecule has 1 atom stereocenters.